The molecule has 0 fully saturated rings. The number of hydrogen-bond donors (Lipinski definition) is 1. The Morgan fingerprint density at radius 2 is 2.00 bits per heavy atom. The van der Waals surface area contributed by atoms with Crippen LogP contribution < -0.4 is 14.8 Å². The summed E-state index contributed by atoms with van der Waals surface area (Å²) in [6, 6.07) is 14.2. The molecule has 2 heterocycles. The fourth-order valence-electron chi connectivity index (χ4n) is 3.54. The van der Waals surface area contributed by atoms with Gasteiger partial charge in [0.2, 0.25) is 0 Å². The average Bonchev–Trinajstić information content (AvgIpc) is 3.10. The molecule has 152 valence electrons. The summed E-state index contributed by atoms with van der Waals surface area (Å²) in [6.45, 7) is 0.894. The highest BCUT2D eigenvalue weighted by molar-refractivity contribution is 6.14. The quantitative estimate of drug-likeness (QED) is 0.681. The zero-order chi connectivity index (χ0) is 21.1. The number of amides is 2. The Morgan fingerprint density at radius 1 is 1.13 bits per heavy atom. The number of methoxy groups -OCH3 is 2. The highest BCUT2D eigenvalue weighted by Gasteiger charge is 2.32. The number of carbonyl (C=O) groups excluding carboxylic acids is 2. The van der Waals surface area contributed by atoms with Gasteiger partial charge >= 0.3 is 0 Å². The minimum atomic E-state index is -0.369. The predicted molar refractivity (Wildman–Crippen MR) is 112 cm³/mol. The Kier molecular flexibility index (Phi) is 5.34. The molecule has 7 heteroatoms. The number of hydrogen-bond acceptors (Lipinski definition) is 5. The van der Waals surface area contributed by atoms with E-state index in [2.05, 4.69) is 10.3 Å². The van der Waals surface area contributed by atoms with Crippen molar-refractivity contribution in [2.24, 2.45) is 0 Å². The van der Waals surface area contributed by atoms with Gasteiger partial charge in [-0.15, -0.1) is 0 Å². The molecule has 0 unspecified atom stereocenters. The van der Waals surface area contributed by atoms with E-state index in [0.717, 1.165) is 11.1 Å². The van der Waals surface area contributed by atoms with E-state index in [-0.39, 0.29) is 11.8 Å². The van der Waals surface area contributed by atoms with Gasteiger partial charge in [-0.25, -0.2) is 0 Å². The van der Waals surface area contributed by atoms with E-state index in [4.69, 9.17) is 9.47 Å². The molecule has 0 spiro atoms. The lowest BCUT2D eigenvalue weighted by Gasteiger charge is -2.15. The van der Waals surface area contributed by atoms with Crippen LogP contribution >= 0.6 is 0 Å². The van der Waals surface area contributed by atoms with Crippen LogP contribution in [-0.2, 0) is 13.1 Å². The van der Waals surface area contributed by atoms with E-state index >= 15 is 0 Å². The van der Waals surface area contributed by atoms with Gasteiger partial charge in [-0.3, -0.25) is 14.6 Å². The fourth-order valence-corrected chi connectivity index (χ4v) is 3.54. The summed E-state index contributed by atoms with van der Waals surface area (Å²) in [6.07, 6.45) is 3.43. The second-order valence-electron chi connectivity index (χ2n) is 6.88. The maximum atomic E-state index is 13.1. The van der Waals surface area contributed by atoms with Crippen LogP contribution in [0.1, 0.15) is 31.8 Å². The minimum Gasteiger partial charge on any atom is -0.497 e. The van der Waals surface area contributed by atoms with E-state index in [1.54, 1.807) is 54.7 Å². The molecule has 1 aliphatic heterocycles. The predicted octanol–water partition coefficient (Wildman–Crippen LogP) is 3.51. The van der Waals surface area contributed by atoms with Crippen LogP contribution in [0.4, 0.5) is 5.69 Å². The zero-order valence-corrected chi connectivity index (χ0v) is 16.7. The second-order valence-corrected chi connectivity index (χ2v) is 6.88. The summed E-state index contributed by atoms with van der Waals surface area (Å²) in [5.74, 6) is 0.555. The molecule has 2 aromatic carbocycles. The first-order valence-electron chi connectivity index (χ1n) is 9.44. The van der Waals surface area contributed by atoms with E-state index in [1.807, 2.05) is 18.2 Å². The Labute approximate surface area is 174 Å². The van der Waals surface area contributed by atoms with Crippen molar-refractivity contribution in [2.45, 2.75) is 13.1 Å². The minimum absolute atomic E-state index is 0.165. The number of benzene rings is 2. The van der Waals surface area contributed by atoms with Crippen molar-refractivity contribution in [3.05, 3.63) is 83.2 Å². The molecule has 0 saturated carbocycles. The number of pyridine rings is 1. The third-order valence-corrected chi connectivity index (χ3v) is 5.01. The van der Waals surface area contributed by atoms with Crippen molar-refractivity contribution in [2.75, 3.05) is 19.5 Å². The smallest absolute Gasteiger partial charge is 0.256 e. The molecule has 30 heavy (non-hydrogen) atoms. The molecule has 3 aromatic rings. The van der Waals surface area contributed by atoms with Crippen LogP contribution in [0.5, 0.6) is 11.5 Å². The van der Waals surface area contributed by atoms with Gasteiger partial charge in [0.25, 0.3) is 11.8 Å². The maximum absolute atomic E-state index is 13.1. The summed E-state index contributed by atoms with van der Waals surface area (Å²) in [7, 11) is 3.08. The Morgan fingerprint density at radius 3 is 2.73 bits per heavy atom. The molecule has 0 radical (unpaired) electrons. The van der Waals surface area contributed by atoms with Crippen LogP contribution in [0, 0.1) is 0 Å². The van der Waals surface area contributed by atoms with Crippen molar-refractivity contribution in [3.8, 4) is 11.5 Å². The fraction of sp³-hybridized carbons (Fsp3) is 0.174. The third-order valence-electron chi connectivity index (χ3n) is 5.01. The highest BCUT2D eigenvalue weighted by Crippen LogP contribution is 2.31. The summed E-state index contributed by atoms with van der Waals surface area (Å²) < 4.78 is 10.5. The summed E-state index contributed by atoms with van der Waals surface area (Å²) in [4.78, 5) is 31.9. The molecule has 1 aliphatic rings. The molecule has 4 rings (SSSR count). The highest BCUT2D eigenvalue weighted by atomic mass is 16.5. The van der Waals surface area contributed by atoms with Gasteiger partial charge in [-0.1, -0.05) is 18.2 Å². The number of fused-ring (bicyclic) bond motifs is 1. The number of carbonyl (C=O) groups is 2. The van der Waals surface area contributed by atoms with Gasteiger partial charge < -0.3 is 19.7 Å². The normalized spacial score (nSPS) is 12.5. The Bertz CT molecular complexity index is 1100. The summed E-state index contributed by atoms with van der Waals surface area (Å²) in [5, 5.41) is 2.84. The van der Waals surface area contributed by atoms with Crippen molar-refractivity contribution < 1.29 is 19.1 Å². The molecule has 0 atom stereocenters. The number of rotatable bonds is 6. The molecular weight excluding hydrogens is 382 g/mol. The van der Waals surface area contributed by atoms with Gasteiger partial charge in [0, 0.05) is 31.5 Å². The van der Waals surface area contributed by atoms with Gasteiger partial charge in [-0.05, 0) is 35.4 Å². The molecule has 0 aliphatic carbocycles. The van der Waals surface area contributed by atoms with Crippen LogP contribution in [0.2, 0.25) is 0 Å². The van der Waals surface area contributed by atoms with Crippen molar-refractivity contribution >= 4 is 17.5 Å². The van der Waals surface area contributed by atoms with E-state index in [9.17, 15) is 9.59 Å². The zero-order valence-electron chi connectivity index (χ0n) is 16.7. The topological polar surface area (TPSA) is 80.8 Å². The lowest BCUT2D eigenvalue weighted by atomic mass is 10.0. The Hall–Kier alpha value is -3.87. The molecule has 1 N–H and O–H groups in total. The molecule has 0 bridgehead atoms. The summed E-state index contributed by atoms with van der Waals surface area (Å²) in [5.41, 5.74) is 3.04. The van der Waals surface area contributed by atoms with Crippen LogP contribution in [0.3, 0.4) is 0 Å². The molecule has 1 aromatic heterocycles. The van der Waals surface area contributed by atoms with Gasteiger partial charge in [-0.2, -0.15) is 0 Å². The number of ether oxygens (including phenoxy) is 2. The molecule has 7 nitrogen and oxygen atoms in total. The SMILES string of the molecule is COc1ccc(NC(=O)c2cccc3c2C(=O)N(Cc2cccnc2)C3)c(OC)c1. The monoisotopic (exact) mass is 403 g/mol. The number of aromatic nitrogens is 1. The second kappa shape index (κ2) is 8.24. The van der Waals surface area contributed by atoms with Gasteiger partial charge in [0.1, 0.15) is 11.5 Å². The van der Waals surface area contributed by atoms with Crippen molar-refractivity contribution in [1.82, 2.24) is 9.88 Å². The van der Waals surface area contributed by atoms with Gasteiger partial charge in [0.05, 0.1) is 31.0 Å². The molecular formula is C23H21N3O4. The van der Waals surface area contributed by atoms with Crippen LogP contribution in [0.15, 0.2) is 60.9 Å². The number of anilines is 1. The van der Waals surface area contributed by atoms with Crippen LogP contribution in [0.25, 0.3) is 0 Å². The largest absolute Gasteiger partial charge is 0.497 e. The first-order chi connectivity index (χ1) is 14.6. The first-order valence-corrected chi connectivity index (χ1v) is 9.44. The molecule has 2 amide bonds. The van der Waals surface area contributed by atoms with Crippen molar-refractivity contribution in [1.29, 1.82) is 0 Å². The van der Waals surface area contributed by atoms with Gasteiger partial charge in [0.15, 0.2) is 0 Å². The van der Waals surface area contributed by atoms with E-state index in [0.29, 0.717) is 41.4 Å². The third kappa shape index (κ3) is 3.69. The number of nitrogens with one attached hydrogen (secondary N) is 1. The number of nitrogens with zero attached hydrogens (tertiary/aromatic N) is 2. The van der Waals surface area contributed by atoms with E-state index < -0.39 is 0 Å². The lowest BCUT2D eigenvalue weighted by molar-refractivity contribution is 0.0763. The Balaban J connectivity index is 1.59. The molecule has 0 saturated heterocycles. The van der Waals surface area contributed by atoms with Crippen LogP contribution in [-0.4, -0.2) is 35.9 Å². The van der Waals surface area contributed by atoms with Crippen molar-refractivity contribution in [3.63, 3.8) is 0 Å². The summed E-state index contributed by atoms with van der Waals surface area (Å²) >= 11 is 0. The first kappa shape index (κ1) is 19.4. The average molecular weight is 403 g/mol. The standard InChI is InChI=1S/C23H21N3O4/c1-29-17-8-9-19(20(11-17)30-2)25-22(27)18-7-3-6-16-14-26(23(28)21(16)18)13-15-5-4-10-24-12-15/h3-12H,13-14H2,1-2H3,(H,25,27). The lowest BCUT2D eigenvalue weighted by Crippen LogP contribution is -2.25. The maximum Gasteiger partial charge on any atom is 0.256 e. The van der Waals surface area contributed by atoms with E-state index in [1.165, 1.54) is 7.11 Å².